The molecule has 1 aromatic carbocycles. The Hall–Kier alpha value is -1.89. The number of carbonyl (C=O) groups excluding carboxylic acids is 1. The zero-order chi connectivity index (χ0) is 15.8. The molecule has 0 aliphatic carbocycles. The van der Waals surface area contributed by atoms with E-state index in [4.69, 9.17) is 14.6 Å². The van der Waals surface area contributed by atoms with Gasteiger partial charge in [-0.3, -0.25) is 4.79 Å². The van der Waals surface area contributed by atoms with E-state index >= 15 is 0 Å². The number of benzene rings is 1. The maximum atomic E-state index is 12.1. The molecule has 0 spiro atoms. The van der Waals surface area contributed by atoms with Gasteiger partial charge in [-0.25, -0.2) is 4.79 Å². The minimum absolute atomic E-state index is 0.322. The molecule has 1 rings (SSSR count). The summed E-state index contributed by atoms with van der Waals surface area (Å²) in [6.07, 6.45) is 2.25. The Kier molecular flexibility index (Phi) is 6.87. The van der Waals surface area contributed by atoms with Gasteiger partial charge in [-0.15, -0.1) is 0 Å². The van der Waals surface area contributed by atoms with Crippen molar-refractivity contribution in [1.29, 1.82) is 0 Å². The number of carbonyl (C=O) groups is 2. The number of methoxy groups -OCH3 is 2. The summed E-state index contributed by atoms with van der Waals surface area (Å²) in [6, 6.07) is 3.77. The molecule has 1 aromatic rings. The van der Waals surface area contributed by atoms with Crippen LogP contribution in [-0.4, -0.2) is 49.3 Å². The SMILES string of the molecule is COc1ccc(C(=O)N[C@H](CCSC)C(=O)O)cc1OC. The van der Waals surface area contributed by atoms with Crippen LogP contribution in [0.1, 0.15) is 16.8 Å². The van der Waals surface area contributed by atoms with Crippen molar-refractivity contribution in [1.82, 2.24) is 5.32 Å². The summed E-state index contributed by atoms with van der Waals surface area (Å²) in [7, 11) is 2.97. The van der Waals surface area contributed by atoms with Crippen LogP contribution in [0.25, 0.3) is 0 Å². The molecule has 116 valence electrons. The molecule has 21 heavy (non-hydrogen) atoms. The Bertz CT molecular complexity index is 506. The highest BCUT2D eigenvalue weighted by Gasteiger charge is 2.20. The summed E-state index contributed by atoms with van der Waals surface area (Å²) >= 11 is 1.53. The average Bonchev–Trinajstić information content (AvgIpc) is 2.49. The van der Waals surface area contributed by atoms with Crippen LogP contribution in [-0.2, 0) is 4.79 Å². The van der Waals surface area contributed by atoms with Gasteiger partial charge in [-0.05, 0) is 36.6 Å². The molecule has 0 aliphatic rings. The fourth-order valence-corrected chi connectivity index (χ4v) is 2.18. The van der Waals surface area contributed by atoms with E-state index in [2.05, 4.69) is 5.32 Å². The summed E-state index contributed by atoms with van der Waals surface area (Å²) in [6.45, 7) is 0. The van der Waals surface area contributed by atoms with Gasteiger partial charge in [0.15, 0.2) is 11.5 Å². The maximum Gasteiger partial charge on any atom is 0.326 e. The number of nitrogens with one attached hydrogen (secondary N) is 1. The number of thioether (sulfide) groups is 1. The summed E-state index contributed by atoms with van der Waals surface area (Å²) in [5.74, 6) is 0.0816. The molecule has 0 unspecified atom stereocenters. The first-order valence-electron chi connectivity index (χ1n) is 6.28. The molecule has 0 saturated carbocycles. The van der Waals surface area contributed by atoms with Gasteiger partial charge in [0.25, 0.3) is 5.91 Å². The maximum absolute atomic E-state index is 12.1. The van der Waals surface area contributed by atoms with Gasteiger partial charge in [0, 0.05) is 5.56 Å². The first-order chi connectivity index (χ1) is 10.0. The summed E-state index contributed by atoms with van der Waals surface area (Å²) in [5, 5.41) is 11.6. The van der Waals surface area contributed by atoms with Crippen molar-refractivity contribution in [3.8, 4) is 11.5 Å². The third kappa shape index (κ3) is 4.86. The van der Waals surface area contributed by atoms with Crippen LogP contribution in [0.2, 0.25) is 0 Å². The largest absolute Gasteiger partial charge is 0.493 e. The molecule has 0 saturated heterocycles. The zero-order valence-electron chi connectivity index (χ0n) is 12.2. The number of carboxylic acids is 1. The lowest BCUT2D eigenvalue weighted by Crippen LogP contribution is -2.41. The molecular weight excluding hydrogens is 294 g/mol. The summed E-state index contributed by atoms with van der Waals surface area (Å²) < 4.78 is 10.2. The van der Waals surface area contributed by atoms with Crippen LogP contribution >= 0.6 is 11.8 Å². The Morgan fingerprint density at radius 3 is 2.48 bits per heavy atom. The highest BCUT2D eigenvalue weighted by Crippen LogP contribution is 2.27. The number of hydrogen-bond acceptors (Lipinski definition) is 5. The zero-order valence-corrected chi connectivity index (χ0v) is 13.0. The van der Waals surface area contributed by atoms with Gasteiger partial charge < -0.3 is 19.9 Å². The number of aliphatic carboxylic acids is 1. The Labute approximate surface area is 127 Å². The Balaban J connectivity index is 2.84. The summed E-state index contributed by atoms with van der Waals surface area (Å²) in [5.41, 5.74) is 0.322. The standard InChI is InChI=1S/C14H19NO5S/c1-19-11-5-4-9(8-12(11)20-2)13(16)15-10(14(17)18)6-7-21-3/h4-5,8,10H,6-7H2,1-3H3,(H,15,16)(H,17,18)/t10-/m1/s1. The van der Waals surface area contributed by atoms with Crippen molar-refractivity contribution in [3.05, 3.63) is 23.8 Å². The molecule has 1 atom stereocenters. The molecule has 0 fully saturated rings. The van der Waals surface area contributed by atoms with Crippen LogP contribution in [0, 0.1) is 0 Å². The van der Waals surface area contributed by atoms with E-state index in [1.165, 1.54) is 32.0 Å². The second kappa shape index (κ2) is 8.41. The number of ether oxygens (including phenoxy) is 2. The molecule has 2 N–H and O–H groups in total. The molecule has 0 heterocycles. The lowest BCUT2D eigenvalue weighted by atomic mass is 10.1. The number of amides is 1. The van der Waals surface area contributed by atoms with Gasteiger partial charge >= 0.3 is 5.97 Å². The van der Waals surface area contributed by atoms with Crippen molar-refractivity contribution in [3.63, 3.8) is 0 Å². The van der Waals surface area contributed by atoms with Crippen molar-refractivity contribution in [2.45, 2.75) is 12.5 Å². The Morgan fingerprint density at radius 1 is 1.29 bits per heavy atom. The minimum Gasteiger partial charge on any atom is -0.493 e. The first-order valence-corrected chi connectivity index (χ1v) is 7.67. The molecule has 1 amide bonds. The van der Waals surface area contributed by atoms with E-state index in [0.29, 0.717) is 29.2 Å². The van der Waals surface area contributed by atoms with E-state index in [9.17, 15) is 9.59 Å². The predicted octanol–water partition coefficient (Wildman–Crippen LogP) is 1.64. The van der Waals surface area contributed by atoms with E-state index in [1.807, 2.05) is 6.26 Å². The number of hydrogen-bond donors (Lipinski definition) is 2. The molecule has 0 aliphatic heterocycles. The molecule has 0 aromatic heterocycles. The lowest BCUT2D eigenvalue weighted by Gasteiger charge is -2.15. The fourth-order valence-electron chi connectivity index (χ4n) is 1.71. The normalized spacial score (nSPS) is 11.6. The van der Waals surface area contributed by atoms with Gasteiger partial charge in [0.1, 0.15) is 6.04 Å². The van der Waals surface area contributed by atoms with Crippen LogP contribution in [0.5, 0.6) is 11.5 Å². The number of rotatable bonds is 8. The van der Waals surface area contributed by atoms with Crippen molar-refractivity contribution >= 4 is 23.6 Å². The quantitative estimate of drug-likeness (QED) is 0.759. The fraction of sp³-hybridized carbons (Fsp3) is 0.429. The van der Waals surface area contributed by atoms with E-state index in [0.717, 1.165) is 0 Å². The number of carboxylic acid groups (broad SMARTS) is 1. The van der Waals surface area contributed by atoms with Crippen LogP contribution in [0.4, 0.5) is 0 Å². The Morgan fingerprint density at radius 2 is 1.95 bits per heavy atom. The van der Waals surface area contributed by atoms with Crippen LogP contribution in [0.15, 0.2) is 18.2 Å². The van der Waals surface area contributed by atoms with Gasteiger partial charge in [-0.1, -0.05) is 0 Å². The topological polar surface area (TPSA) is 84.9 Å². The monoisotopic (exact) mass is 313 g/mol. The molecule has 7 heteroatoms. The first kappa shape index (κ1) is 17.2. The van der Waals surface area contributed by atoms with Crippen LogP contribution < -0.4 is 14.8 Å². The van der Waals surface area contributed by atoms with E-state index in [1.54, 1.807) is 12.1 Å². The highest BCUT2D eigenvalue weighted by atomic mass is 32.2. The van der Waals surface area contributed by atoms with E-state index in [-0.39, 0.29) is 0 Å². The third-order valence-corrected chi connectivity index (χ3v) is 3.50. The van der Waals surface area contributed by atoms with Crippen molar-refractivity contribution < 1.29 is 24.2 Å². The second-order valence-electron chi connectivity index (χ2n) is 4.22. The van der Waals surface area contributed by atoms with Gasteiger partial charge in [0.2, 0.25) is 0 Å². The van der Waals surface area contributed by atoms with Crippen molar-refractivity contribution in [2.24, 2.45) is 0 Å². The molecule has 0 bridgehead atoms. The second-order valence-corrected chi connectivity index (χ2v) is 5.20. The van der Waals surface area contributed by atoms with Gasteiger partial charge in [-0.2, -0.15) is 11.8 Å². The molecule has 6 nitrogen and oxygen atoms in total. The third-order valence-electron chi connectivity index (χ3n) is 2.86. The minimum atomic E-state index is -1.04. The highest BCUT2D eigenvalue weighted by molar-refractivity contribution is 7.98. The smallest absolute Gasteiger partial charge is 0.326 e. The van der Waals surface area contributed by atoms with Crippen LogP contribution in [0.3, 0.4) is 0 Å². The molecular formula is C14H19NO5S. The lowest BCUT2D eigenvalue weighted by molar-refractivity contribution is -0.139. The van der Waals surface area contributed by atoms with Crippen molar-refractivity contribution in [2.75, 3.05) is 26.2 Å². The van der Waals surface area contributed by atoms with E-state index < -0.39 is 17.9 Å². The van der Waals surface area contributed by atoms with Gasteiger partial charge in [0.05, 0.1) is 14.2 Å². The molecule has 0 radical (unpaired) electrons. The predicted molar refractivity (Wildman–Crippen MR) is 81.4 cm³/mol. The average molecular weight is 313 g/mol. The summed E-state index contributed by atoms with van der Waals surface area (Å²) in [4.78, 5) is 23.2.